The summed E-state index contributed by atoms with van der Waals surface area (Å²) < 4.78 is 0. The van der Waals surface area contributed by atoms with Crippen LogP contribution in [0.25, 0.3) is 0 Å². The van der Waals surface area contributed by atoms with Gasteiger partial charge in [0.25, 0.3) is 0 Å². The Morgan fingerprint density at radius 2 is 2.18 bits per heavy atom. The maximum Gasteiger partial charge on any atom is 0.0608 e. The summed E-state index contributed by atoms with van der Waals surface area (Å²) in [6, 6.07) is 8.62. The normalized spacial score (nSPS) is 14.6. The Kier molecular flexibility index (Phi) is 6.03. The minimum atomic E-state index is -0.413. The van der Waals surface area contributed by atoms with Crippen molar-refractivity contribution in [3.63, 3.8) is 0 Å². The van der Waals surface area contributed by atoms with Crippen molar-refractivity contribution in [2.24, 2.45) is 5.73 Å². The summed E-state index contributed by atoms with van der Waals surface area (Å²) >= 11 is 1.93. The van der Waals surface area contributed by atoms with Crippen LogP contribution < -0.4 is 5.73 Å². The van der Waals surface area contributed by atoms with Gasteiger partial charge in [0.2, 0.25) is 0 Å². The molecule has 3 N–H and O–H groups in total. The monoisotopic (exact) mass is 253 g/mol. The Labute approximate surface area is 109 Å². The second kappa shape index (κ2) is 7.04. The minimum absolute atomic E-state index is 0.0650. The standard InChI is InChI=1S/C14H23NOS/c1-12-5-3-6-13(9-12)10-17-8-4-7-14(2,15)11-16/h3,5-6,9,16H,4,7-8,10-11,15H2,1-2H3. The predicted molar refractivity (Wildman–Crippen MR) is 76.3 cm³/mol. The van der Waals surface area contributed by atoms with Gasteiger partial charge in [0.05, 0.1) is 6.61 Å². The molecule has 1 unspecified atom stereocenters. The lowest BCUT2D eigenvalue weighted by Crippen LogP contribution is -2.40. The van der Waals surface area contributed by atoms with E-state index in [-0.39, 0.29) is 6.61 Å². The molecule has 1 atom stereocenters. The van der Waals surface area contributed by atoms with E-state index in [1.54, 1.807) is 0 Å². The maximum atomic E-state index is 9.03. The summed E-state index contributed by atoms with van der Waals surface area (Å²) in [4.78, 5) is 0. The van der Waals surface area contributed by atoms with Gasteiger partial charge in [0, 0.05) is 11.3 Å². The van der Waals surface area contributed by atoms with E-state index >= 15 is 0 Å². The van der Waals surface area contributed by atoms with Crippen molar-refractivity contribution in [1.29, 1.82) is 0 Å². The lowest BCUT2D eigenvalue weighted by Gasteiger charge is -2.21. The molecule has 0 bridgehead atoms. The number of aliphatic hydroxyl groups excluding tert-OH is 1. The number of benzene rings is 1. The van der Waals surface area contributed by atoms with Gasteiger partial charge in [-0.1, -0.05) is 29.8 Å². The Morgan fingerprint density at radius 1 is 1.41 bits per heavy atom. The highest BCUT2D eigenvalue weighted by atomic mass is 32.2. The molecular weight excluding hydrogens is 230 g/mol. The van der Waals surface area contributed by atoms with Crippen molar-refractivity contribution in [1.82, 2.24) is 0 Å². The summed E-state index contributed by atoms with van der Waals surface area (Å²) in [5.74, 6) is 2.16. The van der Waals surface area contributed by atoms with Crippen LogP contribution in [0.1, 0.15) is 30.9 Å². The van der Waals surface area contributed by atoms with E-state index in [1.807, 2.05) is 18.7 Å². The molecule has 0 heterocycles. The molecule has 0 fully saturated rings. The third-order valence-electron chi connectivity index (χ3n) is 2.75. The maximum absolute atomic E-state index is 9.03. The Bertz CT molecular complexity index is 339. The predicted octanol–water partition coefficient (Wildman–Crippen LogP) is 2.72. The van der Waals surface area contributed by atoms with Crippen LogP contribution in [0.15, 0.2) is 24.3 Å². The number of thioether (sulfide) groups is 1. The van der Waals surface area contributed by atoms with E-state index < -0.39 is 5.54 Å². The van der Waals surface area contributed by atoms with E-state index in [4.69, 9.17) is 10.8 Å². The highest BCUT2D eigenvalue weighted by molar-refractivity contribution is 7.98. The molecule has 0 aliphatic carbocycles. The van der Waals surface area contributed by atoms with E-state index in [2.05, 4.69) is 31.2 Å². The van der Waals surface area contributed by atoms with Gasteiger partial charge in [0.15, 0.2) is 0 Å². The topological polar surface area (TPSA) is 46.2 Å². The average Bonchev–Trinajstić information content (AvgIpc) is 2.29. The van der Waals surface area contributed by atoms with Crippen molar-refractivity contribution < 1.29 is 5.11 Å². The Hall–Kier alpha value is -0.510. The highest BCUT2D eigenvalue weighted by Gasteiger charge is 2.15. The zero-order chi connectivity index (χ0) is 12.7. The van der Waals surface area contributed by atoms with Gasteiger partial charge in [0.1, 0.15) is 0 Å². The van der Waals surface area contributed by atoms with Gasteiger partial charge >= 0.3 is 0 Å². The molecule has 2 nitrogen and oxygen atoms in total. The molecule has 0 aliphatic heterocycles. The van der Waals surface area contributed by atoms with Crippen molar-refractivity contribution in [2.75, 3.05) is 12.4 Å². The third kappa shape index (κ3) is 6.10. The molecule has 0 aromatic heterocycles. The van der Waals surface area contributed by atoms with Crippen LogP contribution in [0.3, 0.4) is 0 Å². The number of rotatable bonds is 7. The number of aliphatic hydroxyl groups is 1. The van der Waals surface area contributed by atoms with E-state index in [0.717, 1.165) is 24.3 Å². The third-order valence-corrected chi connectivity index (χ3v) is 3.86. The number of hydrogen-bond acceptors (Lipinski definition) is 3. The SMILES string of the molecule is Cc1cccc(CSCCCC(C)(N)CO)c1. The highest BCUT2D eigenvalue weighted by Crippen LogP contribution is 2.17. The summed E-state index contributed by atoms with van der Waals surface area (Å²) in [7, 11) is 0. The lowest BCUT2D eigenvalue weighted by atomic mass is 9.99. The second-order valence-electron chi connectivity index (χ2n) is 4.96. The fraction of sp³-hybridized carbons (Fsp3) is 0.571. The fourth-order valence-corrected chi connectivity index (χ4v) is 2.56. The average molecular weight is 253 g/mol. The molecule has 0 aliphatic rings. The van der Waals surface area contributed by atoms with E-state index in [0.29, 0.717) is 0 Å². The van der Waals surface area contributed by atoms with Crippen molar-refractivity contribution in [3.05, 3.63) is 35.4 Å². The van der Waals surface area contributed by atoms with E-state index in [1.165, 1.54) is 11.1 Å². The van der Waals surface area contributed by atoms with Crippen molar-refractivity contribution in [3.8, 4) is 0 Å². The van der Waals surface area contributed by atoms with Crippen LogP contribution in [0.4, 0.5) is 0 Å². The number of aryl methyl sites for hydroxylation is 1. The molecule has 3 heteroatoms. The van der Waals surface area contributed by atoms with Crippen LogP contribution in [-0.2, 0) is 5.75 Å². The van der Waals surface area contributed by atoms with Gasteiger partial charge < -0.3 is 10.8 Å². The first kappa shape index (κ1) is 14.6. The van der Waals surface area contributed by atoms with Gasteiger partial charge in [-0.25, -0.2) is 0 Å². The quantitative estimate of drug-likeness (QED) is 0.735. The fourth-order valence-electron chi connectivity index (χ4n) is 1.65. The molecule has 0 saturated carbocycles. The molecule has 0 saturated heterocycles. The Balaban J connectivity index is 2.17. The molecule has 17 heavy (non-hydrogen) atoms. The number of hydrogen-bond donors (Lipinski definition) is 2. The number of nitrogens with two attached hydrogens (primary N) is 1. The summed E-state index contributed by atoms with van der Waals surface area (Å²) in [5.41, 5.74) is 8.16. The van der Waals surface area contributed by atoms with Gasteiger partial charge in [-0.05, 0) is 38.0 Å². The first-order chi connectivity index (χ1) is 8.03. The molecule has 0 spiro atoms. The van der Waals surface area contributed by atoms with Gasteiger partial charge in [-0.15, -0.1) is 0 Å². The molecule has 1 aromatic rings. The molecule has 96 valence electrons. The zero-order valence-electron chi connectivity index (χ0n) is 10.8. The molecule has 1 rings (SSSR count). The molecule has 1 aromatic carbocycles. The van der Waals surface area contributed by atoms with Gasteiger partial charge in [-0.2, -0.15) is 11.8 Å². The Morgan fingerprint density at radius 3 is 2.82 bits per heavy atom. The van der Waals surface area contributed by atoms with Crippen LogP contribution in [-0.4, -0.2) is 23.0 Å². The zero-order valence-corrected chi connectivity index (χ0v) is 11.6. The molecule has 0 amide bonds. The largest absolute Gasteiger partial charge is 0.394 e. The van der Waals surface area contributed by atoms with Crippen LogP contribution in [0.2, 0.25) is 0 Å². The van der Waals surface area contributed by atoms with Crippen molar-refractivity contribution >= 4 is 11.8 Å². The first-order valence-electron chi connectivity index (χ1n) is 6.06. The summed E-state index contributed by atoms with van der Waals surface area (Å²) in [6.07, 6.45) is 1.94. The minimum Gasteiger partial charge on any atom is -0.394 e. The van der Waals surface area contributed by atoms with Gasteiger partial charge in [-0.3, -0.25) is 0 Å². The smallest absolute Gasteiger partial charge is 0.0608 e. The van der Waals surface area contributed by atoms with Crippen LogP contribution >= 0.6 is 11.8 Å². The second-order valence-corrected chi connectivity index (χ2v) is 6.06. The molecular formula is C14H23NOS. The first-order valence-corrected chi connectivity index (χ1v) is 7.22. The lowest BCUT2D eigenvalue weighted by molar-refractivity contribution is 0.200. The van der Waals surface area contributed by atoms with Crippen molar-refractivity contribution in [2.45, 2.75) is 38.0 Å². The van der Waals surface area contributed by atoms with E-state index in [9.17, 15) is 0 Å². The van der Waals surface area contributed by atoms with Crippen LogP contribution in [0.5, 0.6) is 0 Å². The summed E-state index contributed by atoms with van der Waals surface area (Å²) in [6.45, 7) is 4.09. The molecule has 0 radical (unpaired) electrons. The summed E-state index contributed by atoms with van der Waals surface area (Å²) in [5, 5.41) is 9.03. The van der Waals surface area contributed by atoms with Crippen LogP contribution in [0, 0.1) is 6.92 Å².